The van der Waals surface area contributed by atoms with E-state index in [9.17, 15) is 4.79 Å². The largest absolute Gasteiger partial charge is 0.465 e. The number of ether oxygens (including phenoxy) is 1. The first-order valence-electron chi connectivity index (χ1n) is 5.58. The molecule has 2 aromatic rings. The van der Waals surface area contributed by atoms with Crippen LogP contribution in [0.15, 0.2) is 24.3 Å². The molecule has 0 aliphatic heterocycles. The molecule has 0 bridgehead atoms. The molecule has 94 valence electrons. The maximum absolute atomic E-state index is 11.6. The third-order valence-electron chi connectivity index (χ3n) is 2.84. The van der Waals surface area contributed by atoms with E-state index < -0.39 is 0 Å². The second-order valence-corrected chi connectivity index (χ2v) is 5.18. The third-order valence-corrected chi connectivity index (χ3v) is 4.18. The van der Waals surface area contributed by atoms with E-state index in [1.165, 1.54) is 24.0 Å². The molecule has 1 heterocycles. The summed E-state index contributed by atoms with van der Waals surface area (Å²) < 4.78 is 4.74. The van der Waals surface area contributed by atoms with Crippen LogP contribution >= 0.6 is 11.3 Å². The van der Waals surface area contributed by atoms with Crippen LogP contribution < -0.4 is 5.73 Å². The van der Waals surface area contributed by atoms with Crippen LogP contribution in [0.5, 0.6) is 0 Å². The quantitative estimate of drug-likeness (QED) is 0.843. The predicted octanol–water partition coefficient (Wildman–Crippen LogP) is 3.40. The van der Waals surface area contributed by atoms with Crippen LogP contribution in [0.4, 0.5) is 5.69 Å². The van der Waals surface area contributed by atoms with Crippen LogP contribution in [0.25, 0.3) is 10.4 Å². The minimum absolute atomic E-state index is 0.375. The van der Waals surface area contributed by atoms with Crippen molar-refractivity contribution in [1.82, 2.24) is 0 Å². The van der Waals surface area contributed by atoms with Gasteiger partial charge in [0.25, 0.3) is 0 Å². The van der Waals surface area contributed by atoms with E-state index in [0.29, 0.717) is 10.6 Å². The number of carbonyl (C=O) groups is 1. The molecule has 4 heteroatoms. The van der Waals surface area contributed by atoms with Crippen molar-refractivity contribution in [3.05, 3.63) is 40.3 Å². The van der Waals surface area contributed by atoms with Crippen LogP contribution in [0, 0.1) is 13.8 Å². The predicted molar refractivity (Wildman–Crippen MR) is 75.0 cm³/mol. The number of carbonyl (C=O) groups excluding carboxylic acids is 1. The van der Waals surface area contributed by atoms with Crippen LogP contribution in [0.1, 0.15) is 20.8 Å². The minimum Gasteiger partial charge on any atom is -0.465 e. The number of nitrogen functional groups attached to an aromatic ring is 1. The maximum atomic E-state index is 11.6. The van der Waals surface area contributed by atoms with Gasteiger partial charge in [0, 0.05) is 4.88 Å². The lowest BCUT2D eigenvalue weighted by molar-refractivity contribution is 0.0607. The number of rotatable bonds is 2. The third kappa shape index (κ3) is 2.11. The Bertz CT molecular complexity index is 602. The molecular weight excluding hydrogens is 246 g/mol. The second-order valence-electron chi connectivity index (χ2n) is 4.16. The summed E-state index contributed by atoms with van der Waals surface area (Å²) in [4.78, 5) is 13.1. The lowest BCUT2D eigenvalue weighted by Crippen LogP contribution is -2.01. The van der Waals surface area contributed by atoms with Gasteiger partial charge in [0.2, 0.25) is 0 Å². The van der Waals surface area contributed by atoms with Gasteiger partial charge < -0.3 is 10.5 Å². The first-order valence-corrected chi connectivity index (χ1v) is 6.40. The summed E-state index contributed by atoms with van der Waals surface area (Å²) in [7, 11) is 1.36. The summed E-state index contributed by atoms with van der Waals surface area (Å²) in [5.74, 6) is -0.375. The van der Waals surface area contributed by atoms with E-state index in [4.69, 9.17) is 10.5 Å². The van der Waals surface area contributed by atoms with Crippen LogP contribution in [-0.2, 0) is 4.74 Å². The van der Waals surface area contributed by atoms with Gasteiger partial charge in [-0.25, -0.2) is 4.79 Å². The van der Waals surface area contributed by atoms with E-state index in [1.807, 2.05) is 32.0 Å². The Morgan fingerprint density at radius 2 is 2.06 bits per heavy atom. The van der Waals surface area contributed by atoms with Crippen molar-refractivity contribution in [3.63, 3.8) is 0 Å². The van der Waals surface area contributed by atoms with Crippen molar-refractivity contribution in [2.75, 3.05) is 12.8 Å². The topological polar surface area (TPSA) is 52.3 Å². The lowest BCUT2D eigenvalue weighted by atomic mass is 10.1. The van der Waals surface area contributed by atoms with Crippen molar-refractivity contribution >= 4 is 23.0 Å². The maximum Gasteiger partial charge on any atom is 0.350 e. The Hall–Kier alpha value is -1.81. The molecule has 18 heavy (non-hydrogen) atoms. The highest BCUT2D eigenvalue weighted by molar-refractivity contribution is 7.18. The van der Waals surface area contributed by atoms with Gasteiger partial charge in [-0.3, -0.25) is 0 Å². The van der Waals surface area contributed by atoms with Gasteiger partial charge in [0.1, 0.15) is 4.88 Å². The zero-order valence-electron chi connectivity index (χ0n) is 10.6. The summed E-state index contributed by atoms with van der Waals surface area (Å²) in [6.07, 6.45) is 0. The SMILES string of the molecule is COC(=O)c1sc(-c2cccc(C)c2)c(C)c1N. The molecular formula is C14H15NO2S. The molecule has 0 aliphatic carbocycles. The number of hydrogen-bond donors (Lipinski definition) is 1. The molecule has 0 fully saturated rings. The highest BCUT2D eigenvalue weighted by Gasteiger charge is 2.19. The zero-order valence-corrected chi connectivity index (χ0v) is 11.4. The molecule has 0 aliphatic rings. The van der Waals surface area contributed by atoms with Crippen molar-refractivity contribution < 1.29 is 9.53 Å². The number of esters is 1. The van der Waals surface area contributed by atoms with Gasteiger partial charge >= 0.3 is 5.97 Å². The number of benzene rings is 1. The Kier molecular flexibility index (Phi) is 3.39. The van der Waals surface area contributed by atoms with Crippen molar-refractivity contribution in [2.45, 2.75) is 13.8 Å². The highest BCUT2D eigenvalue weighted by Crippen LogP contribution is 2.38. The van der Waals surface area contributed by atoms with Crippen molar-refractivity contribution in [2.24, 2.45) is 0 Å². The fraction of sp³-hybridized carbons (Fsp3) is 0.214. The van der Waals surface area contributed by atoms with Crippen LogP contribution in [0.3, 0.4) is 0 Å². The Balaban J connectivity index is 2.56. The summed E-state index contributed by atoms with van der Waals surface area (Å²) in [5, 5.41) is 0. The van der Waals surface area contributed by atoms with Gasteiger partial charge in [-0.15, -0.1) is 11.3 Å². The van der Waals surface area contributed by atoms with E-state index >= 15 is 0 Å². The van der Waals surface area contributed by atoms with Crippen LogP contribution in [-0.4, -0.2) is 13.1 Å². The molecule has 1 aromatic heterocycles. The van der Waals surface area contributed by atoms with Gasteiger partial charge in [-0.05, 0) is 25.0 Å². The number of aryl methyl sites for hydroxylation is 1. The smallest absolute Gasteiger partial charge is 0.350 e. The van der Waals surface area contributed by atoms with Gasteiger partial charge in [-0.1, -0.05) is 29.8 Å². The summed E-state index contributed by atoms with van der Waals surface area (Å²) in [6.45, 7) is 3.97. The number of thiophene rings is 1. The van der Waals surface area contributed by atoms with Gasteiger partial charge in [0.05, 0.1) is 12.8 Å². The fourth-order valence-electron chi connectivity index (χ4n) is 1.83. The van der Waals surface area contributed by atoms with Crippen molar-refractivity contribution in [3.8, 4) is 10.4 Å². The van der Waals surface area contributed by atoms with E-state index in [0.717, 1.165) is 16.0 Å². The second kappa shape index (κ2) is 4.82. The Morgan fingerprint density at radius 3 is 2.67 bits per heavy atom. The zero-order chi connectivity index (χ0) is 13.3. The monoisotopic (exact) mass is 261 g/mol. The summed E-state index contributed by atoms with van der Waals surface area (Å²) in [6, 6.07) is 8.14. The fourth-order valence-corrected chi connectivity index (χ4v) is 2.97. The molecule has 0 radical (unpaired) electrons. The molecule has 3 nitrogen and oxygen atoms in total. The van der Waals surface area contributed by atoms with Gasteiger partial charge in [0.15, 0.2) is 0 Å². The van der Waals surface area contributed by atoms with Crippen LogP contribution in [0.2, 0.25) is 0 Å². The molecule has 0 saturated carbocycles. The Morgan fingerprint density at radius 1 is 1.33 bits per heavy atom. The molecule has 0 unspecified atom stereocenters. The number of nitrogens with two attached hydrogens (primary N) is 1. The molecule has 0 saturated heterocycles. The molecule has 2 N–H and O–H groups in total. The van der Waals surface area contributed by atoms with Crippen molar-refractivity contribution in [1.29, 1.82) is 0 Å². The van der Waals surface area contributed by atoms with E-state index in [-0.39, 0.29) is 5.97 Å². The summed E-state index contributed by atoms with van der Waals surface area (Å²) >= 11 is 1.38. The van der Waals surface area contributed by atoms with E-state index in [2.05, 4.69) is 6.07 Å². The highest BCUT2D eigenvalue weighted by atomic mass is 32.1. The number of anilines is 1. The summed E-state index contributed by atoms with van der Waals surface area (Å²) in [5.41, 5.74) is 9.68. The average molecular weight is 261 g/mol. The minimum atomic E-state index is -0.375. The number of hydrogen-bond acceptors (Lipinski definition) is 4. The standard InChI is InChI=1S/C14H15NO2S/c1-8-5-4-6-10(7-8)12-9(2)11(15)13(18-12)14(16)17-3/h4-7H,15H2,1-3H3. The van der Waals surface area contributed by atoms with Gasteiger partial charge in [-0.2, -0.15) is 0 Å². The molecule has 0 amide bonds. The normalized spacial score (nSPS) is 10.4. The first kappa shape index (κ1) is 12.6. The molecule has 0 atom stereocenters. The number of methoxy groups -OCH3 is 1. The lowest BCUT2D eigenvalue weighted by Gasteiger charge is -2.01. The first-order chi connectivity index (χ1) is 8.54. The molecule has 2 rings (SSSR count). The average Bonchev–Trinajstić information content (AvgIpc) is 2.66. The Labute approximate surface area is 110 Å². The molecule has 1 aromatic carbocycles. The molecule has 0 spiro atoms. The van der Waals surface area contributed by atoms with E-state index in [1.54, 1.807) is 0 Å².